The van der Waals surface area contributed by atoms with Gasteiger partial charge in [-0.1, -0.05) is 24.3 Å². The Morgan fingerprint density at radius 3 is 2.04 bits per heavy atom. The topological polar surface area (TPSA) is 83.6 Å². The average molecular weight is 417 g/mol. The third-order valence-corrected chi connectivity index (χ3v) is 8.24. The Morgan fingerprint density at radius 1 is 0.786 bits per heavy atom. The Morgan fingerprint density at radius 2 is 1.39 bits per heavy atom. The standard InChI is InChI=1S/C20H20N2O4S2/c1-22(2)28(25,26)17-11-9-16(10-12-17)27(23,24)21-19-13-8-15-7-6-14-4-3-5-18(19)20(14)15/h3-5,8-13,21H,6-7H2,1-2H3. The first-order valence-corrected chi connectivity index (χ1v) is 11.7. The average Bonchev–Trinajstić information content (AvgIpc) is 3.08. The number of anilines is 1. The molecule has 0 saturated carbocycles. The van der Waals surface area contributed by atoms with Crippen LogP contribution in [0.4, 0.5) is 5.69 Å². The van der Waals surface area contributed by atoms with Crippen molar-refractivity contribution < 1.29 is 16.8 Å². The Kier molecular flexibility index (Phi) is 4.45. The minimum absolute atomic E-state index is 0.00783. The maximum Gasteiger partial charge on any atom is 0.261 e. The fraction of sp³-hybridized carbons (Fsp3) is 0.200. The fourth-order valence-corrected chi connectivity index (χ4v) is 5.52. The Balaban J connectivity index is 1.70. The van der Waals surface area contributed by atoms with Crippen LogP contribution in [-0.2, 0) is 32.9 Å². The summed E-state index contributed by atoms with van der Waals surface area (Å²) in [5, 5.41) is 2.00. The van der Waals surface area contributed by atoms with Gasteiger partial charge in [-0.25, -0.2) is 21.1 Å². The van der Waals surface area contributed by atoms with Gasteiger partial charge in [-0.05, 0) is 59.7 Å². The Hall–Kier alpha value is -2.42. The van der Waals surface area contributed by atoms with Gasteiger partial charge in [-0.15, -0.1) is 0 Å². The molecule has 1 aliphatic rings. The highest BCUT2D eigenvalue weighted by Gasteiger charge is 2.22. The van der Waals surface area contributed by atoms with Crippen LogP contribution in [0.15, 0.2) is 64.4 Å². The van der Waals surface area contributed by atoms with Crippen LogP contribution in [0, 0.1) is 0 Å². The molecule has 4 rings (SSSR count). The predicted molar refractivity (Wildman–Crippen MR) is 109 cm³/mol. The molecule has 6 nitrogen and oxygen atoms in total. The van der Waals surface area contributed by atoms with Gasteiger partial charge in [-0.2, -0.15) is 0 Å². The van der Waals surface area contributed by atoms with Crippen LogP contribution in [0.2, 0.25) is 0 Å². The fourth-order valence-electron chi connectivity index (χ4n) is 3.54. The van der Waals surface area contributed by atoms with Crippen LogP contribution in [0.1, 0.15) is 11.1 Å². The number of nitrogens with zero attached hydrogens (tertiary/aromatic N) is 1. The highest BCUT2D eigenvalue weighted by Crippen LogP contribution is 2.35. The lowest BCUT2D eigenvalue weighted by Crippen LogP contribution is -2.22. The third kappa shape index (κ3) is 3.07. The monoisotopic (exact) mass is 416 g/mol. The SMILES string of the molecule is CN(C)S(=O)(=O)c1ccc(S(=O)(=O)Nc2ccc3c4c(cccc24)CC3)cc1. The van der Waals surface area contributed by atoms with E-state index in [0.717, 1.165) is 27.9 Å². The van der Waals surface area contributed by atoms with E-state index < -0.39 is 20.0 Å². The molecule has 146 valence electrons. The number of hydrogen-bond acceptors (Lipinski definition) is 4. The second-order valence-corrected chi connectivity index (χ2v) is 10.8. The van der Waals surface area contributed by atoms with E-state index in [0.29, 0.717) is 5.69 Å². The van der Waals surface area contributed by atoms with Crippen molar-refractivity contribution in [3.8, 4) is 0 Å². The van der Waals surface area contributed by atoms with E-state index in [9.17, 15) is 16.8 Å². The molecular weight excluding hydrogens is 396 g/mol. The molecule has 0 fully saturated rings. The van der Waals surface area contributed by atoms with E-state index >= 15 is 0 Å². The molecule has 28 heavy (non-hydrogen) atoms. The molecule has 1 aliphatic carbocycles. The molecule has 3 aromatic rings. The zero-order valence-corrected chi connectivity index (χ0v) is 17.1. The molecule has 0 saturated heterocycles. The number of nitrogens with one attached hydrogen (secondary N) is 1. The normalized spacial score (nSPS) is 14.0. The molecule has 0 aromatic heterocycles. The summed E-state index contributed by atoms with van der Waals surface area (Å²) in [4.78, 5) is 0.0512. The summed E-state index contributed by atoms with van der Waals surface area (Å²) in [5.74, 6) is 0. The molecule has 0 amide bonds. The second kappa shape index (κ2) is 6.58. The maximum absolute atomic E-state index is 12.9. The summed E-state index contributed by atoms with van der Waals surface area (Å²) < 4.78 is 53.8. The van der Waals surface area contributed by atoms with E-state index in [4.69, 9.17) is 0 Å². The first-order chi connectivity index (χ1) is 13.2. The number of aryl methyl sites for hydroxylation is 2. The highest BCUT2D eigenvalue weighted by molar-refractivity contribution is 7.92. The number of rotatable bonds is 5. The summed E-state index contributed by atoms with van der Waals surface area (Å²) in [6.45, 7) is 0. The summed E-state index contributed by atoms with van der Waals surface area (Å²) in [6, 6.07) is 14.9. The van der Waals surface area contributed by atoms with Crippen molar-refractivity contribution in [2.75, 3.05) is 18.8 Å². The zero-order valence-electron chi connectivity index (χ0n) is 15.5. The van der Waals surface area contributed by atoms with Crippen LogP contribution >= 0.6 is 0 Å². The molecule has 3 aromatic carbocycles. The van der Waals surface area contributed by atoms with Gasteiger partial charge in [0.15, 0.2) is 0 Å². The van der Waals surface area contributed by atoms with E-state index in [1.165, 1.54) is 49.5 Å². The van der Waals surface area contributed by atoms with Crippen molar-refractivity contribution in [3.63, 3.8) is 0 Å². The number of benzene rings is 3. The molecule has 0 unspecified atom stereocenters. The van der Waals surface area contributed by atoms with Crippen LogP contribution in [0.5, 0.6) is 0 Å². The predicted octanol–water partition coefficient (Wildman–Crippen LogP) is 2.99. The lowest BCUT2D eigenvalue weighted by atomic mass is 10.0. The van der Waals surface area contributed by atoms with Crippen molar-refractivity contribution in [1.29, 1.82) is 0 Å². The van der Waals surface area contributed by atoms with Gasteiger partial charge in [0.2, 0.25) is 10.0 Å². The first kappa shape index (κ1) is 18.9. The van der Waals surface area contributed by atoms with Crippen LogP contribution < -0.4 is 4.72 Å². The molecule has 0 atom stereocenters. The van der Waals surface area contributed by atoms with Gasteiger partial charge >= 0.3 is 0 Å². The van der Waals surface area contributed by atoms with E-state index in [1.54, 1.807) is 6.07 Å². The van der Waals surface area contributed by atoms with Crippen molar-refractivity contribution in [1.82, 2.24) is 4.31 Å². The van der Waals surface area contributed by atoms with Crippen molar-refractivity contribution >= 4 is 36.5 Å². The summed E-state index contributed by atoms with van der Waals surface area (Å²) in [6.07, 6.45) is 1.93. The lowest BCUT2D eigenvalue weighted by Gasteiger charge is -2.14. The molecule has 0 heterocycles. The van der Waals surface area contributed by atoms with Crippen molar-refractivity contribution in [2.24, 2.45) is 0 Å². The summed E-state index contributed by atoms with van der Waals surface area (Å²) in [5.41, 5.74) is 2.98. The van der Waals surface area contributed by atoms with Crippen LogP contribution in [0.3, 0.4) is 0 Å². The molecule has 0 spiro atoms. The molecule has 0 bridgehead atoms. The van der Waals surface area contributed by atoms with Crippen molar-refractivity contribution in [3.05, 3.63) is 65.7 Å². The Bertz CT molecular complexity index is 1270. The van der Waals surface area contributed by atoms with E-state index in [-0.39, 0.29) is 9.79 Å². The first-order valence-electron chi connectivity index (χ1n) is 8.79. The van der Waals surface area contributed by atoms with Crippen molar-refractivity contribution in [2.45, 2.75) is 22.6 Å². The lowest BCUT2D eigenvalue weighted by molar-refractivity contribution is 0.520. The van der Waals surface area contributed by atoms with Gasteiger partial charge in [0.1, 0.15) is 0 Å². The smallest absolute Gasteiger partial charge is 0.261 e. The summed E-state index contributed by atoms with van der Waals surface area (Å²) in [7, 11) is -4.61. The zero-order chi connectivity index (χ0) is 20.1. The Labute approximate surface area is 164 Å². The van der Waals surface area contributed by atoms with E-state index in [1.807, 2.05) is 18.2 Å². The minimum Gasteiger partial charge on any atom is -0.279 e. The van der Waals surface area contributed by atoms with Gasteiger partial charge < -0.3 is 0 Å². The quantitative estimate of drug-likeness (QED) is 0.693. The summed E-state index contributed by atoms with van der Waals surface area (Å²) >= 11 is 0. The highest BCUT2D eigenvalue weighted by atomic mass is 32.2. The minimum atomic E-state index is -3.85. The van der Waals surface area contributed by atoms with Crippen LogP contribution in [-0.4, -0.2) is 35.2 Å². The molecule has 8 heteroatoms. The molecule has 0 aliphatic heterocycles. The van der Waals surface area contributed by atoms with Gasteiger partial charge in [0.05, 0.1) is 15.5 Å². The van der Waals surface area contributed by atoms with Crippen LogP contribution in [0.25, 0.3) is 10.8 Å². The van der Waals surface area contributed by atoms with Gasteiger partial charge in [-0.3, -0.25) is 4.72 Å². The largest absolute Gasteiger partial charge is 0.279 e. The molecule has 1 N–H and O–H groups in total. The van der Waals surface area contributed by atoms with Gasteiger partial charge in [0.25, 0.3) is 10.0 Å². The number of hydrogen-bond donors (Lipinski definition) is 1. The number of sulfonamides is 2. The molecule has 0 radical (unpaired) electrons. The molecular formula is C20H20N2O4S2. The maximum atomic E-state index is 12.9. The van der Waals surface area contributed by atoms with Gasteiger partial charge in [0, 0.05) is 19.5 Å². The third-order valence-electron chi connectivity index (χ3n) is 5.03. The second-order valence-electron chi connectivity index (χ2n) is 6.98. The van der Waals surface area contributed by atoms with E-state index in [2.05, 4.69) is 10.8 Å².